The average molecular weight is 555 g/mol. The van der Waals surface area contributed by atoms with Crippen LogP contribution in [0.1, 0.15) is 124 Å². The molecule has 0 bridgehead atoms. The van der Waals surface area contributed by atoms with Gasteiger partial charge in [-0.05, 0) is 51.7 Å². The van der Waals surface area contributed by atoms with Gasteiger partial charge in [0.05, 0.1) is 13.2 Å². The molecule has 0 heterocycles. The number of Topliss-reactive ketones (excluding diaryl/α,β-unsaturated/α-hetero) is 2. The number of benzene rings is 2. The van der Waals surface area contributed by atoms with Crippen LogP contribution in [0.3, 0.4) is 0 Å². The van der Waals surface area contributed by atoms with Gasteiger partial charge in [0.2, 0.25) is 0 Å². The molecule has 6 heteroatoms. The van der Waals surface area contributed by atoms with Crippen molar-refractivity contribution in [1.29, 1.82) is 0 Å². The first kappa shape index (κ1) is 33.8. The minimum Gasteiger partial charge on any atom is -0.382 e. The largest absolute Gasteiger partial charge is 0.382 e. The van der Waals surface area contributed by atoms with Gasteiger partial charge < -0.3 is 19.7 Å². The van der Waals surface area contributed by atoms with Gasteiger partial charge in [0.1, 0.15) is 11.2 Å². The summed E-state index contributed by atoms with van der Waals surface area (Å²) in [6, 6.07) is 14.6. The zero-order chi connectivity index (χ0) is 29.4. The van der Waals surface area contributed by atoms with Gasteiger partial charge in [-0.25, -0.2) is 0 Å². The Bertz CT molecular complexity index is 913. The van der Waals surface area contributed by atoms with Gasteiger partial charge >= 0.3 is 0 Å². The summed E-state index contributed by atoms with van der Waals surface area (Å²) < 4.78 is 11.5. The number of hydrogen-bond acceptors (Lipinski definition) is 6. The fourth-order valence-corrected chi connectivity index (χ4v) is 4.41. The van der Waals surface area contributed by atoms with Gasteiger partial charge in [-0.1, -0.05) is 99.9 Å². The zero-order valence-corrected chi connectivity index (χ0v) is 25.0. The van der Waals surface area contributed by atoms with Crippen LogP contribution < -0.4 is 0 Å². The molecular weight excluding hydrogens is 504 g/mol. The maximum absolute atomic E-state index is 12.1. The summed E-state index contributed by atoms with van der Waals surface area (Å²) >= 11 is 0. The second-order valence-electron chi connectivity index (χ2n) is 11.8. The maximum Gasteiger partial charge on any atom is 0.193 e. The third-order valence-electron chi connectivity index (χ3n) is 6.91. The smallest absolute Gasteiger partial charge is 0.193 e. The van der Waals surface area contributed by atoms with Gasteiger partial charge in [-0.3, -0.25) is 9.59 Å². The summed E-state index contributed by atoms with van der Waals surface area (Å²) in [6.45, 7) is 8.60. The number of carbonyl (C=O) groups excluding carboxylic acids is 2. The Hall–Kier alpha value is -2.38. The highest BCUT2D eigenvalue weighted by Gasteiger charge is 2.25. The van der Waals surface area contributed by atoms with Crippen LogP contribution in [-0.2, 0) is 22.7 Å². The number of rotatable bonds is 21. The minimum absolute atomic E-state index is 0.273. The van der Waals surface area contributed by atoms with E-state index in [0.717, 1.165) is 37.2 Å². The molecule has 40 heavy (non-hydrogen) atoms. The van der Waals surface area contributed by atoms with Crippen molar-refractivity contribution < 1.29 is 29.3 Å². The van der Waals surface area contributed by atoms with E-state index in [2.05, 4.69) is 0 Å². The number of unbranched alkanes of at least 4 members (excludes halogenated alkanes) is 9. The molecule has 0 fully saturated rings. The van der Waals surface area contributed by atoms with E-state index >= 15 is 0 Å². The highest BCUT2D eigenvalue weighted by Crippen LogP contribution is 2.16. The van der Waals surface area contributed by atoms with E-state index in [4.69, 9.17) is 9.47 Å². The molecular formula is C34H50O6. The molecule has 2 N–H and O–H groups in total. The molecule has 0 amide bonds. The predicted octanol–water partition coefficient (Wildman–Crippen LogP) is 7.23. The SMILES string of the molecule is CC(C)(O)C(=O)c1ccc(COCCCCCCCCCCCCOCc2ccc(C(=O)C(C)(C)O)cc2)cc1. The first-order valence-electron chi connectivity index (χ1n) is 14.9. The van der Waals surface area contributed by atoms with E-state index < -0.39 is 11.2 Å². The molecule has 0 radical (unpaired) electrons. The lowest BCUT2D eigenvalue weighted by Gasteiger charge is -2.15. The number of aliphatic hydroxyl groups is 2. The van der Waals surface area contributed by atoms with Crippen LogP contribution in [-0.4, -0.2) is 46.2 Å². The highest BCUT2D eigenvalue weighted by atomic mass is 16.5. The van der Waals surface area contributed by atoms with Crippen molar-refractivity contribution in [2.45, 2.75) is 116 Å². The molecule has 0 saturated heterocycles. The van der Waals surface area contributed by atoms with E-state index in [1.54, 1.807) is 24.3 Å². The fourth-order valence-electron chi connectivity index (χ4n) is 4.41. The van der Waals surface area contributed by atoms with Gasteiger partial charge in [0.15, 0.2) is 11.6 Å². The molecule has 0 spiro atoms. The molecule has 0 aliphatic rings. The summed E-state index contributed by atoms with van der Waals surface area (Å²) in [5.41, 5.74) is 0.400. The van der Waals surface area contributed by atoms with E-state index in [1.807, 2.05) is 24.3 Å². The van der Waals surface area contributed by atoms with Crippen LogP contribution in [0.4, 0.5) is 0 Å². The number of hydrogen-bond donors (Lipinski definition) is 2. The molecule has 0 aromatic heterocycles. The second-order valence-corrected chi connectivity index (χ2v) is 11.8. The molecule has 2 aromatic carbocycles. The van der Waals surface area contributed by atoms with E-state index in [1.165, 1.54) is 79.1 Å². The maximum atomic E-state index is 12.1. The van der Waals surface area contributed by atoms with Crippen molar-refractivity contribution in [3.63, 3.8) is 0 Å². The normalized spacial score (nSPS) is 12.1. The average Bonchev–Trinajstić information content (AvgIpc) is 2.91. The Morgan fingerprint density at radius 1 is 0.525 bits per heavy atom. The van der Waals surface area contributed by atoms with E-state index in [9.17, 15) is 19.8 Å². The van der Waals surface area contributed by atoms with Gasteiger partial charge in [0.25, 0.3) is 0 Å². The number of ketones is 2. The first-order chi connectivity index (χ1) is 19.0. The summed E-state index contributed by atoms with van der Waals surface area (Å²) in [6.07, 6.45) is 12.1. The molecule has 0 aliphatic carbocycles. The van der Waals surface area contributed by atoms with Crippen LogP contribution in [0, 0.1) is 0 Å². The first-order valence-corrected chi connectivity index (χ1v) is 14.9. The molecule has 2 aromatic rings. The molecule has 0 unspecified atom stereocenters. The predicted molar refractivity (Wildman–Crippen MR) is 160 cm³/mol. The number of ether oxygens (including phenoxy) is 2. The summed E-state index contributed by atoms with van der Waals surface area (Å²) in [5, 5.41) is 19.7. The monoisotopic (exact) mass is 554 g/mol. The third kappa shape index (κ3) is 13.3. The third-order valence-corrected chi connectivity index (χ3v) is 6.91. The Morgan fingerprint density at radius 2 is 0.800 bits per heavy atom. The second kappa shape index (κ2) is 17.4. The van der Waals surface area contributed by atoms with Crippen molar-refractivity contribution in [3.05, 3.63) is 70.8 Å². The van der Waals surface area contributed by atoms with Gasteiger partial charge in [-0.2, -0.15) is 0 Å². The quantitative estimate of drug-likeness (QED) is 0.125. The molecule has 222 valence electrons. The van der Waals surface area contributed by atoms with Crippen molar-refractivity contribution in [1.82, 2.24) is 0 Å². The van der Waals surface area contributed by atoms with Crippen LogP contribution in [0.15, 0.2) is 48.5 Å². The van der Waals surface area contributed by atoms with Gasteiger partial charge in [-0.15, -0.1) is 0 Å². The topological polar surface area (TPSA) is 93.1 Å². The molecule has 0 aliphatic heterocycles. The van der Waals surface area contributed by atoms with Crippen LogP contribution in [0.2, 0.25) is 0 Å². The standard InChI is InChI=1S/C34H50O6/c1-33(2,37)31(35)29-19-15-27(16-20-29)25-39-23-13-11-9-7-5-6-8-10-12-14-24-40-26-28-17-21-30(22-18-28)32(36)34(3,4)38/h15-22,37-38H,5-14,23-26H2,1-4H3. The summed E-state index contributed by atoms with van der Waals surface area (Å²) in [4.78, 5) is 24.1. The highest BCUT2D eigenvalue weighted by molar-refractivity contribution is 6.02. The van der Waals surface area contributed by atoms with Gasteiger partial charge in [0, 0.05) is 24.3 Å². The number of carbonyl (C=O) groups is 2. The Morgan fingerprint density at radius 3 is 1.07 bits per heavy atom. The summed E-state index contributed by atoms with van der Waals surface area (Å²) in [5.74, 6) is -0.545. The van der Waals surface area contributed by atoms with E-state index in [-0.39, 0.29) is 11.6 Å². The van der Waals surface area contributed by atoms with Crippen molar-refractivity contribution in [3.8, 4) is 0 Å². The lowest BCUT2D eigenvalue weighted by Crippen LogP contribution is -2.31. The summed E-state index contributed by atoms with van der Waals surface area (Å²) in [7, 11) is 0. The molecule has 2 rings (SSSR count). The molecule has 6 nitrogen and oxygen atoms in total. The van der Waals surface area contributed by atoms with Crippen molar-refractivity contribution >= 4 is 11.6 Å². The molecule has 0 atom stereocenters. The Labute approximate surface area is 241 Å². The minimum atomic E-state index is -1.35. The van der Waals surface area contributed by atoms with Crippen molar-refractivity contribution in [2.75, 3.05) is 13.2 Å². The van der Waals surface area contributed by atoms with Crippen LogP contribution in [0.25, 0.3) is 0 Å². The Kier molecular flexibility index (Phi) is 14.7. The lowest BCUT2D eigenvalue weighted by molar-refractivity contribution is 0.0487. The zero-order valence-electron chi connectivity index (χ0n) is 25.0. The Balaban J connectivity index is 1.37. The van der Waals surface area contributed by atoms with Crippen LogP contribution in [0.5, 0.6) is 0 Å². The van der Waals surface area contributed by atoms with Crippen molar-refractivity contribution in [2.24, 2.45) is 0 Å². The van der Waals surface area contributed by atoms with E-state index in [0.29, 0.717) is 24.3 Å². The lowest BCUT2D eigenvalue weighted by atomic mass is 9.96. The molecule has 0 saturated carbocycles. The van der Waals surface area contributed by atoms with Crippen LogP contribution >= 0.6 is 0 Å². The fraction of sp³-hybridized carbons (Fsp3) is 0.588.